The molecule has 0 spiro atoms. The molecule has 2 N–H and O–H groups in total. The first-order valence-corrected chi connectivity index (χ1v) is 4.51. The summed E-state index contributed by atoms with van der Waals surface area (Å²) in [6, 6.07) is -0.904. The Hall–Kier alpha value is -0.693. The molecular weight excluding hydrogens is 189 g/mol. The van der Waals surface area contributed by atoms with Gasteiger partial charge in [-0.05, 0) is 18.9 Å². The summed E-state index contributed by atoms with van der Waals surface area (Å²) in [6.45, 7) is 0. The van der Waals surface area contributed by atoms with E-state index in [0.717, 1.165) is 11.3 Å². The molecule has 0 unspecified atom stereocenters. The molecule has 0 radical (unpaired) electrons. The fourth-order valence-electron chi connectivity index (χ4n) is 1.36. The molecule has 1 atom stereocenters. The third-order valence-corrected chi connectivity index (χ3v) is 2.23. The normalized spacial score (nSPS) is 16.9. The topological polar surface area (TPSA) is 75.4 Å². The van der Waals surface area contributed by atoms with Crippen molar-refractivity contribution in [2.45, 2.75) is 25.3 Å². The summed E-state index contributed by atoms with van der Waals surface area (Å²) in [5.74, 6) is -0.289. The van der Waals surface area contributed by atoms with Gasteiger partial charge in [0.2, 0.25) is 0 Å². The number of rotatable bonds is 4. The van der Waals surface area contributed by atoms with Gasteiger partial charge in [-0.15, -0.1) is 0 Å². The van der Waals surface area contributed by atoms with Gasteiger partial charge in [0.25, 0.3) is 0 Å². The molecule has 1 rings (SSSR count). The van der Waals surface area contributed by atoms with Crippen molar-refractivity contribution in [2.24, 2.45) is 5.73 Å². The van der Waals surface area contributed by atoms with Crippen molar-refractivity contribution in [3.05, 3.63) is 23.5 Å². The van der Waals surface area contributed by atoms with Crippen molar-refractivity contribution in [3.63, 3.8) is 0 Å². The van der Waals surface area contributed by atoms with E-state index in [-0.39, 0.29) is 18.9 Å². The molecule has 0 amide bonds. The van der Waals surface area contributed by atoms with Crippen LogP contribution in [0.3, 0.4) is 0 Å². The van der Waals surface area contributed by atoms with E-state index < -0.39 is 12.0 Å². The second-order valence-electron chi connectivity index (χ2n) is 3.27. The van der Waals surface area contributed by atoms with Crippen LogP contribution >= 0.6 is 0 Å². The summed E-state index contributed by atoms with van der Waals surface area (Å²) in [7, 11) is 1.62. The molecule has 0 aromatic carbocycles. The van der Waals surface area contributed by atoms with Crippen LogP contribution in [0.5, 0.6) is 0 Å². The third-order valence-electron chi connectivity index (χ3n) is 2.23. The zero-order valence-electron chi connectivity index (χ0n) is 9.16. The van der Waals surface area contributed by atoms with E-state index in [1.54, 1.807) is 7.11 Å². The maximum atomic E-state index is 10.4. The van der Waals surface area contributed by atoms with Gasteiger partial charge in [-0.1, -0.05) is 11.6 Å². The number of nitrogens with two attached hydrogens (primary N) is 1. The minimum Gasteiger partial charge on any atom is -0.548 e. The van der Waals surface area contributed by atoms with Crippen LogP contribution in [0.4, 0.5) is 0 Å². The summed E-state index contributed by atoms with van der Waals surface area (Å²) in [5.41, 5.74) is 6.39. The Bertz CT molecular complexity index is 286. The Balaban J connectivity index is 0.00000196. The van der Waals surface area contributed by atoms with Crippen LogP contribution in [0.25, 0.3) is 0 Å². The third kappa shape index (κ3) is 4.56. The molecule has 0 aromatic heterocycles. The van der Waals surface area contributed by atoms with Crippen molar-refractivity contribution in [3.8, 4) is 0 Å². The maximum absolute atomic E-state index is 10.4. The Labute approximate surface area is 101 Å². The van der Waals surface area contributed by atoms with Gasteiger partial charge in [0.05, 0.1) is 18.8 Å². The fraction of sp³-hybridized carbons (Fsp3) is 0.500. The van der Waals surface area contributed by atoms with Crippen molar-refractivity contribution in [1.82, 2.24) is 0 Å². The number of hydrogen-bond acceptors (Lipinski definition) is 4. The van der Waals surface area contributed by atoms with Crippen molar-refractivity contribution >= 4 is 5.97 Å². The second-order valence-corrected chi connectivity index (χ2v) is 3.27. The first-order valence-electron chi connectivity index (χ1n) is 4.51. The molecule has 78 valence electrons. The molecule has 15 heavy (non-hydrogen) atoms. The molecule has 0 bridgehead atoms. The van der Waals surface area contributed by atoms with Gasteiger partial charge in [0.15, 0.2) is 0 Å². The molecule has 0 saturated carbocycles. The quantitative estimate of drug-likeness (QED) is 0.384. The zero-order valence-corrected chi connectivity index (χ0v) is 9.16. The fourth-order valence-corrected chi connectivity index (χ4v) is 1.36. The summed E-state index contributed by atoms with van der Waals surface area (Å²) in [4.78, 5) is 10.4. The van der Waals surface area contributed by atoms with Gasteiger partial charge in [0, 0.05) is 12.5 Å². The average molecular weight is 203 g/mol. The van der Waals surface area contributed by atoms with Gasteiger partial charge < -0.3 is 20.4 Å². The van der Waals surface area contributed by atoms with Gasteiger partial charge in [-0.3, -0.25) is 0 Å². The molecule has 1 aliphatic rings. The van der Waals surface area contributed by atoms with Crippen LogP contribution in [-0.4, -0.2) is 19.1 Å². The molecule has 0 aliphatic heterocycles. The summed E-state index contributed by atoms with van der Waals surface area (Å²) in [5, 5.41) is 10.4. The predicted molar refractivity (Wildman–Crippen MR) is 50.0 cm³/mol. The zero-order chi connectivity index (χ0) is 10.6. The Kier molecular flexibility index (Phi) is 6.42. The van der Waals surface area contributed by atoms with E-state index in [0.29, 0.717) is 19.3 Å². The summed E-state index contributed by atoms with van der Waals surface area (Å²) < 4.78 is 5.05. The number of methoxy groups -OCH3 is 1. The van der Waals surface area contributed by atoms with Crippen LogP contribution in [0, 0.1) is 0 Å². The maximum Gasteiger partial charge on any atom is 1.00 e. The number of hydrogen-bond donors (Lipinski definition) is 1. The molecule has 1 aliphatic carbocycles. The molecule has 0 fully saturated rings. The Morgan fingerprint density at radius 2 is 2.27 bits per heavy atom. The van der Waals surface area contributed by atoms with Gasteiger partial charge in [0.1, 0.15) is 0 Å². The smallest absolute Gasteiger partial charge is 0.548 e. The SMILES string of the molecule is COC1=CCC(C[C@H](N)C(=O)[O-])=CC1.[Li+]. The van der Waals surface area contributed by atoms with Crippen LogP contribution in [0.2, 0.25) is 0 Å². The second kappa shape index (κ2) is 6.73. The van der Waals surface area contributed by atoms with E-state index in [1.165, 1.54) is 0 Å². The van der Waals surface area contributed by atoms with Gasteiger partial charge >= 0.3 is 18.9 Å². The summed E-state index contributed by atoms with van der Waals surface area (Å²) in [6.07, 6.45) is 5.69. The van der Waals surface area contributed by atoms with Crippen LogP contribution in [-0.2, 0) is 9.53 Å². The minimum atomic E-state index is -1.20. The van der Waals surface area contributed by atoms with E-state index in [1.807, 2.05) is 12.2 Å². The van der Waals surface area contributed by atoms with Crippen molar-refractivity contribution in [2.75, 3.05) is 7.11 Å². The molecule has 0 aromatic rings. The largest absolute Gasteiger partial charge is 1.00 e. The van der Waals surface area contributed by atoms with Crippen molar-refractivity contribution < 1.29 is 33.5 Å². The average Bonchev–Trinajstić information content (AvgIpc) is 2.19. The van der Waals surface area contributed by atoms with Gasteiger partial charge in [-0.25, -0.2) is 0 Å². The molecule has 4 nitrogen and oxygen atoms in total. The van der Waals surface area contributed by atoms with Crippen LogP contribution in [0.1, 0.15) is 19.3 Å². The Morgan fingerprint density at radius 1 is 1.60 bits per heavy atom. The summed E-state index contributed by atoms with van der Waals surface area (Å²) >= 11 is 0. The number of ether oxygens (including phenoxy) is 1. The van der Waals surface area contributed by atoms with E-state index >= 15 is 0 Å². The number of carboxylic acid groups (broad SMARTS) is 1. The first-order chi connectivity index (χ1) is 6.63. The molecule has 0 heterocycles. The van der Waals surface area contributed by atoms with Crippen LogP contribution < -0.4 is 29.7 Å². The predicted octanol–water partition coefficient (Wildman–Crippen LogP) is -3.29. The number of allylic oxidation sites excluding steroid dienone is 2. The number of carbonyl (C=O) groups is 1. The number of aliphatic carboxylic acids is 1. The minimum absolute atomic E-state index is 0. The van der Waals surface area contributed by atoms with E-state index in [4.69, 9.17) is 10.5 Å². The number of carbonyl (C=O) groups excluding carboxylic acids is 1. The molecular formula is C10H14LiNO3. The van der Waals surface area contributed by atoms with E-state index in [2.05, 4.69) is 0 Å². The molecule has 0 saturated heterocycles. The van der Waals surface area contributed by atoms with E-state index in [9.17, 15) is 9.90 Å². The first kappa shape index (κ1) is 14.3. The molecule has 5 heteroatoms. The number of carboxylic acids is 1. The van der Waals surface area contributed by atoms with Crippen molar-refractivity contribution in [1.29, 1.82) is 0 Å². The standard InChI is InChI=1S/C10H15NO3.Li/c1-14-8-4-2-7(3-5-8)6-9(11)10(12)13;/h2,5,9H,3-4,6,11H2,1H3,(H,12,13);/q;+1/p-1/t9-;/m0./s1. The Morgan fingerprint density at radius 3 is 2.67 bits per heavy atom. The van der Waals surface area contributed by atoms with Crippen LogP contribution in [0.15, 0.2) is 23.5 Å². The van der Waals surface area contributed by atoms with Gasteiger partial charge in [-0.2, -0.15) is 0 Å². The monoisotopic (exact) mass is 203 g/mol.